The molecule has 2 heterocycles. The lowest BCUT2D eigenvalue weighted by Crippen LogP contribution is -2.29. The third kappa shape index (κ3) is 4.83. The molecule has 0 saturated carbocycles. The molecule has 0 bridgehead atoms. The standard InChI is InChI=1S/C32H26N2O2S/c35-31-30(37-32(36)34(31)18-8-11-23-9-2-1-3-10-23)20-27-22-33(29-15-7-6-14-28(27)29)21-24-16-17-25-12-4-5-13-26(25)19-24/h1-7,9-10,12-17,19-20,22H,8,11,18,21H2/b30-20+. The molecule has 4 aromatic carbocycles. The average Bonchev–Trinajstić information content (AvgIpc) is 3.40. The van der Waals surface area contributed by atoms with Crippen molar-refractivity contribution in [3.05, 3.63) is 125 Å². The fraction of sp³-hybridized carbons (Fsp3) is 0.125. The number of aromatic nitrogens is 1. The fourth-order valence-electron chi connectivity index (χ4n) is 4.97. The number of fused-ring (bicyclic) bond motifs is 2. The first-order valence-corrected chi connectivity index (χ1v) is 13.3. The minimum absolute atomic E-state index is 0.191. The van der Waals surface area contributed by atoms with Gasteiger partial charge in [-0.3, -0.25) is 14.5 Å². The summed E-state index contributed by atoms with van der Waals surface area (Å²) in [6.07, 6.45) is 5.55. The Labute approximate surface area is 220 Å². The molecule has 0 radical (unpaired) electrons. The van der Waals surface area contributed by atoms with Crippen LogP contribution in [0.5, 0.6) is 0 Å². The summed E-state index contributed by atoms with van der Waals surface area (Å²) < 4.78 is 2.22. The normalized spacial score (nSPS) is 14.9. The van der Waals surface area contributed by atoms with Gasteiger partial charge in [0.15, 0.2) is 0 Å². The summed E-state index contributed by atoms with van der Waals surface area (Å²) in [6, 6.07) is 33.3. The lowest BCUT2D eigenvalue weighted by Gasteiger charge is -2.12. The Morgan fingerprint density at radius 3 is 2.38 bits per heavy atom. The molecule has 0 spiro atoms. The molecule has 2 amide bonds. The lowest BCUT2D eigenvalue weighted by molar-refractivity contribution is -0.122. The van der Waals surface area contributed by atoms with Crippen molar-refractivity contribution in [1.29, 1.82) is 0 Å². The summed E-state index contributed by atoms with van der Waals surface area (Å²) in [5.74, 6) is -0.200. The van der Waals surface area contributed by atoms with Crippen LogP contribution in [-0.4, -0.2) is 27.2 Å². The van der Waals surface area contributed by atoms with Crippen molar-refractivity contribution in [2.24, 2.45) is 0 Å². The third-order valence-electron chi connectivity index (χ3n) is 6.84. The number of imide groups is 1. The zero-order chi connectivity index (χ0) is 25.2. The lowest BCUT2D eigenvalue weighted by atomic mass is 10.1. The van der Waals surface area contributed by atoms with Gasteiger partial charge < -0.3 is 4.57 Å². The zero-order valence-electron chi connectivity index (χ0n) is 20.3. The van der Waals surface area contributed by atoms with Crippen molar-refractivity contribution in [2.75, 3.05) is 6.54 Å². The van der Waals surface area contributed by atoms with Gasteiger partial charge in [0, 0.05) is 35.8 Å². The first-order valence-electron chi connectivity index (χ1n) is 12.5. The van der Waals surface area contributed by atoms with Gasteiger partial charge in [-0.1, -0.05) is 84.9 Å². The van der Waals surface area contributed by atoms with Crippen molar-refractivity contribution in [3.8, 4) is 0 Å². The molecule has 1 fully saturated rings. The molecular weight excluding hydrogens is 476 g/mol. The Kier molecular flexibility index (Phi) is 6.37. The SMILES string of the molecule is O=C1S/C(=C/c2cn(Cc3ccc4ccccc4c3)c3ccccc23)C(=O)N1CCCc1ccccc1. The topological polar surface area (TPSA) is 42.3 Å². The molecule has 0 atom stereocenters. The van der Waals surface area contributed by atoms with Crippen LogP contribution in [-0.2, 0) is 17.8 Å². The van der Waals surface area contributed by atoms with E-state index in [4.69, 9.17) is 0 Å². The molecule has 0 unspecified atom stereocenters. The van der Waals surface area contributed by atoms with E-state index in [1.165, 1.54) is 26.8 Å². The second-order valence-corrected chi connectivity index (χ2v) is 10.3. The van der Waals surface area contributed by atoms with Crippen LogP contribution < -0.4 is 0 Å². The first kappa shape index (κ1) is 23.3. The van der Waals surface area contributed by atoms with E-state index in [-0.39, 0.29) is 11.1 Å². The number of thioether (sulfide) groups is 1. The van der Waals surface area contributed by atoms with E-state index in [0.717, 1.165) is 47.6 Å². The number of amides is 2. The van der Waals surface area contributed by atoms with Gasteiger partial charge in [-0.15, -0.1) is 0 Å². The maximum Gasteiger partial charge on any atom is 0.293 e. The van der Waals surface area contributed by atoms with Crippen molar-refractivity contribution in [2.45, 2.75) is 19.4 Å². The van der Waals surface area contributed by atoms with Gasteiger partial charge in [-0.2, -0.15) is 0 Å². The Balaban J connectivity index is 1.24. The number of para-hydroxylation sites is 1. The molecule has 182 valence electrons. The highest BCUT2D eigenvalue weighted by Crippen LogP contribution is 2.34. The Morgan fingerprint density at radius 2 is 1.51 bits per heavy atom. The van der Waals surface area contributed by atoms with E-state index in [9.17, 15) is 9.59 Å². The average molecular weight is 503 g/mol. The first-order chi connectivity index (χ1) is 18.2. The molecule has 0 aliphatic carbocycles. The van der Waals surface area contributed by atoms with Crippen LogP contribution in [0.2, 0.25) is 0 Å². The quantitative estimate of drug-likeness (QED) is 0.216. The number of hydrogen-bond acceptors (Lipinski definition) is 3. The Hall–Kier alpha value is -4.09. The van der Waals surface area contributed by atoms with E-state index < -0.39 is 0 Å². The van der Waals surface area contributed by atoms with Crippen molar-refractivity contribution < 1.29 is 9.59 Å². The van der Waals surface area contributed by atoms with Crippen LogP contribution in [0.15, 0.2) is 108 Å². The predicted molar refractivity (Wildman–Crippen MR) is 152 cm³/mol. The maximum atomic E-state index is 13.1. The van der Waals surface area contributed by atoms with E-state index in [1.807, 2.05) is 36.4 Å². The van der Waals surface area contributed by atoms with Crippen LogP contribution in [0.1, 0.15) is 23.1 Å². The van der Waals surface area contributed by atoms with Crippen LogP contribution in [0.4, 0.5) is 4.79 Å². The number of hydrogen-bond donors (Lipinski definition) is 0. The van der Waals surface area contributed by atoms with Crippen molar-refractivity contribution in [3.63, 3.8) is 0 Å². The summed E-state index contributed by atoms with van der Waals surface area (Å²) in [5.41, 5.74) is 4.48. The van der Waals surface area contributed by atoms with E-state index in [1.54, 1.807) is 0 Å². The second kappa shape index (κ2) is 10.1. The maximum absolute atomic E-state index is 13.1. The second-order valence-electron chi connectivity index (χ2n) is 9.33. The minimum Gasteiger partial charge on any atom is -0.342 e. The van der Waals surface area contributed by atoms with Crippen molar-refractivity contribution in [1.82, 2.24) is 9.47 Å². The van der Waals surface area contributed by atoms with Gasteiger partial charge >= 0.3 is 0 Å². The summed E-state index contributed by atoms with van der Waals surface area (Å²) in [4.78, 5) is 27.7. The van der Waals surface area contributed by atoms with E-state index >= 15 is 0 Å². The highest BCUT2D eigenvalue weighted by molar-refractivity contribution is 8.18. The summed E-state index contributed by atoms with van der Waals surface area (Å²) in [6.45, 7) is 1.15. The highest BCUT2D eigenvalue weighted by atomic mass is 32.2. The van der Waals surface area contributed by atoms with Gasteiger partial charge in [-0.25, -0.2) is 0 Å². The summed E-state index contributed by atoms with van der Waals surface area (Å²) >= 11 is 1.04. The smallest absolute Gasteiger partial charge is 0.293 e. The fourth-order valence-corrected chi connectivity index (χ4v) is 5.83. The largest absolute Gasteiger partial charge is 0.342 e. The van der Waals surface area contributed by atoms with Crippen LogP contribution in [0.3, 0.4) is 0 Å². The summed E-state index contributed by atoms with van der Waals surface area (Å²) in [5, 5.41) is 3.32. The third-order valence-corrected chi connectivity index (χ3v) is 7.74. The molecule has 5 aromatic rings. The molecule has 1 saturated heterocycles. The molecule has 37 heavy (non-hydrogen) atoms. The van der Waals surface area contributed by atoms with Crippen molar-refractivity contribution >= 4 is 50.7 Å². The van der Waals surface area contributed by atoms with Crippen LogP contribution in [0, 0.1) is 0 Å². The van der Waals surface area contributed by atoms with E-state index in [0.29, 0.717) is 11.4 Å². The Bertz CT molecular complexity index is 1650. The molecule has 0 N–H and O–H groups in total. The van der Waals surface area contributed by atoms with Gasteiger partial charge in [-0.05, 0) is 64.7 Å². The Morgan fingerprint density at radius 1 is 0.757 bits per heavy atom. The number of benzene rings is 4. The molecule has 1 aromatic heterocycles. The zero-order valence-corrected chi connectivity index (χ0v) is 21.2. The van der Waals surface area contributed by atoms with Gasteiger partial charge in [0.25, 0.3) is 11.1 Å². The van der Waals surface area contributed by atoms with Crippen LogP contribution in [0.25, 0.3) is 27.8 Å². The van der Waals surface area contributed by atoms with Gasteiger partial charge in [0.05, 0.1) is 4.91 Å². The molecule has 5 heteroatoms. The number of rotatable bonds is 7. The highest BCUT2D eigenvalue weighted by Gasteiger charge is 2.34. The number of nitrogens with zero attached hydrogens (tertiary/aromatic N) is 2. The number of aryl methyl sites for hydroxylation is 1. The molecule has 6 rings (SSSR count). The predicted octanol–water partition coefficient (Wildman–Crippen LogP) is 7.51. The van der Waals surface area contributed by atoms with Gasteiger partial charge in [0.1, 0.15) is 0 Å². The number of carbonyl (C=O) groups is 2. The molecule has 1 aliphatic heterocycles. The monoisotopic (exact) mass is 502 g/mol. The summed E-state index contributed by atoms with van der Waals surface area (Å²) in [7, 11) is 0. The number of carbonyl (C=O) groups excluding carboxylic acids is 2. The van der Waals surface area contributed by atoms with E-state index in [2.05, 4.69) is 77.5 Å². The molecular formula is C32H26N2O2S. The molecule has 4 nitrogen and oxygen atoms in total. The minimum atomic E-state index is -0.200. The van der Waals surface area contributed by atoms with Crippen LogP contribution >= 0.6 is 11.8 Å². The molecule has 1 aliphatic rings. The van der Waals surface area contributed by atoms with Gasteiger partial charge in [0.2, 0.25) is 0 Å².